The largest absolute Gasteiger partial charge is 0.351 e. The topological polar surface area (TPSA) is 41.1 Å². The average molecular weight is 372 g/mol. The summed E-state index contributed by atoms with van der Waals surface area (Å²) in [6.45, 7) is 0.594. The first kappa shape index (κ1) is 16.7. The van der Waals surface area contributed by atoms with Gasteiger partial charge in [-0.15, -0.1) is 12.4 Å². The second kappa shape index (κ2) is 7.43. The molecule has 0 saturated carbocycles. The number of nitrogens with one attached hydrogen (secondary N) is 2. The lowest BCUT2D eigenvalue weighted by Crippen LogP contribution is -2.40. The molecule has 7 heteroatoms. The smallest absolute Gasteiger partial charge is 0.237 e. The van der Waals surface area contributed by atoms with Gasteiger partial charge in [0.05, 0.1) is 6.04 Å². The van der Waals surface area contributed by atoms with E-state index in [4.69, 9.17) is 11.6 Å². The van der Waals surface area contributed by atoms with Crippen LogP contribution in [0.1, 0.15) is 12.0 Å². The summed E-state index contributed by atoms with van der Waals surface area (Å²) in [4.78, 5) is 11.7. The standard InChI is InChI=1S/C12H13BrClFN2O.ClH/c13-8-2-1-7(10(14)3-8)5-17-12(18)11-4-9(15)6-16-11;/h1-3,9,11,16H,4-6H2,(H,17,18);1H/t9-,11+;/m0./s1. The van der Waals surface area contributed by atoms with Crippen LogP contribution in [0.3, 0.4) is 0 Å². The van der Waals surface area contributed by atoms with Crippen molar-refractivity contribution in [2.45, 2.75) is 25.2 Å². The van der Waals surface area contributed by atoms with E-state index in [1.807, 2.05) is 12.1 Å². The van der Waals surface area contributed by atoms with Gasteiger partial charge < -0.3 is 10.6 Å². The van der Waals surface area contributed by atoms with Crippen LogP contribution in [0.4, 0.5) is 4.39 Å². The van der Waals surface area contributed by atoms with Crippen LogP contribution in [0.25, 0.3) is 0 Å². The fourth-order valence-corrected chi connectivity index (χ4v) is 2.60. The Kier molecular flexibility index (Phi) is 6.53. The Morgan fingerprint density at radius 2 is 2.32 bits per heavy atom. The van der Waals surface area contributed by atoms with Gasteiger partial charge in [0.25, 0.3) is 0 Å². The number of carbonyl (C=O) groups excluding carboxylic acids is 1. The summed E-state index contributed by atoms with van der Waals surface area (Å²) in [5, 5.41) is 6.18. The molecule has 2 rings (SSSR count). The second-order valence-electron chi connectivity index (χ2n) is 4.25. The first-order chi connectivity index (χ1) is 8.56. The third-order valence-electron chi connectivity index (χ3n) is 2.86. The van der Waals surface area contributed by atoms with Gasteiger partial charge in [0.2, 0.25) is 5.91 Å². The Hall–Kier alpha value is -0.360. The first-order valence-corrected chi connectivity index (χ1v) is 6.82. The van der Waals surface area contributed by atoms with E-state index < -0.39 is 12.2 Å². The van der Waals surface area contributed by atoms with Crippen molar-refractivity contribution in [3.8, 4) is 0 Å². The Balaban J connectivity index is 0.00000180. The van der Waals surface area contributed by atoms with E-state index in [-0.39, 0.29) is 31.3 Å². The molecule has 1 aromatic rings. The van der Waals surface area contributed by atoms with Crippen LogP contribution >= 0.6 is 39.9 Å². The minimum atomic E-state index is -0.933. The molecular formula is C12H14BrCl2FN2O. The van der Waals surface area contributed by atoms with Crippen LogP contribution in [-0.4, -0.2) is 24.7 Å². The molecule has 1 fully saturated rings. The van der Waals surface area contributed by atoms with E-state index in [0.717, 1.165) is 10.0 Å². The van der Waals surface area contributed by atoms with Gasteiger partial charge in [0.15, 0.2) is 0 Å². The van der Waals surface area contributed by atoms with Crippen molar-refractivity contribution in [3.63, 3.8) is 0 Å². The lowest BCUT2D eigenvalue weighted by atomic mass is 10.2. The summed E-state index contributed by atoms with van der Waals surface area (Å²) in [5.41, 5.74) is 0.836. The van der Waals surface area contributed by atoms with Crippen molar-refractivity contribution in [1.29, 1.82) is 0 Å². The molecule has 3 nitrogen and oxygen atoms in total. The second-order valence-corrected chi connectivity index (χ2v) is 5.57. The van der Waals surface area contributed by atoms with Gasteiger partial charge in [-0.1, -0.05) is 33.6 Å². The predicted molar refractivity (Wildman–Crippen MR) is 79.6 cm³/mol. The van der Waals surface area contributed by atoms with Gasteiger partial charge >= 0.3 is 0 Å². The maximum atomic E-state index is 12.9. The summed E-state index contributed by atoms with van der Waals surface area (Å²) >= 11 is 9.35. The SMILES string of the molecule is Cl.O=C(NCc1ccc(Br)cc1Cl)[C@H]1C[C@H](F)CN1. The van der Waals surface area contributed by atoms with E-state index >= 15 is 0 Å². The fourth-order valence-electron chi connectivity index (χ4n) is 1.86. The number of hydrogen-bond acceptors (Lipinski definition) is 2. The number of carbonyl (C=O) groups is 1. The van der Waals surface area contributed by atoms with Crippen LogP contribution < -0.4 is 10.6 Å². The van der Waals surface area contributed by atoms with Gasteiger partial charge in [0, 0.05) is 29.0 Å². The molecule has 1 heterocycles. The van der Waals surface area contributed by atoms with Gasteiger partial charge in [0.1, 0.15) is 6.17 Å². The highest BCUT2D eigenvalue weighted by Crippen LogP contribution is 2.21. The fraction of sp³-hybridized carbons (Fsp3) is 0.417. The molecule has 2 N–H and O–H groups in total. The van der Waals surface area contributed by atoms with E-state index in [1.165, 1.54) is 0 Å². The summed E-state index contributed by atoms with van der Waals surface area (Å²) in [6, 6.07) is 5.04. The van der Waals surface area contributed by atoms with Gasteiger partial charge in [-0.25, -0.2) is 4.39 Å². The van der Waals surface area contributed by atoms with E-state index in [1.54, 1.807) is 6.07 Å². The molecule has 0 unspecified atom stereocenters. The molecule has 1 aliphatic rings. The van der Waals surface area contributed by atoms with Crippen molar-refractivity contribution >= 4 is 45.8 Å². The lowest BCUT2D eigenvalue weighted by molar-refractivity contribution is -0.123. The highest BCUT2D eigenvalue weighted by Gasteiger charge is 2.28. The van der Waals surface area contributed by atoms with Crippen molar-refractivity contribution < 1.29 is 9.18 Å². The van der Waals surface area contributed by atoms with Crippen LogP contribution in [0.2, 0.25) is 5.02 Å². The number of amides is 1. The zero-order valence-corrected chi connectivity index (χ0v) is 13.1. The van der Waals surface area contributed by atoms with E-state index in [0.29, 0.717) is 11.6 Å². The summed E-state index contributed by atoms with van der Waals surface area (Å²) in [5.74, 6) is -0.186. The van der Waals surface area contributed by atoms with Crippen LogP contribution in [-0.2, 0) is 11.3 Å². The first-order valence-electron chi connectivity index (χ1n) is 5.65. The summed E-state index contributed by atoms with van der Waals surface area (Å²) in [6.07, 6.45) is -0.697. The number of hydrogen-bond donors (Lipinski definition) is 2. The van der Waals surface area contributed by atoms with Crippen LogP contribution in [0.15, 0.2) is 22.7 Å². The molecule has 19 heavy (non-hydrogen) atoms. The molecule has 1 amide bonds. The zero-order valence-electron chi connectivity index (χ0n) is 9.96. The Labute approximate surface area is 130 Å². The molecule has 0 aliphatic carbocycles. The maximum absolute atomic E-state index is 12.9. The Bertz CT molecular complexity index is 461. The van der Waals surface area contributed by atoms with Crippen molar-refractivity contribution in [3.05, 3.63) is 33.3 Å². The molecule has 1 saturated heterocycles. The van der Waals surface area contributed by atoms with Gasteiger partial charge in [-0.2, -0.15) is 0 Å². The highest BCUT2D eigenvalue weighted by atomic mass is 79.9. The summed E-state index contributed by atoms with van der Waals surface area (Å²) < 4.78 is 13.8. The highest BCUT2D eigenvalue weighted by molar-refractivity contribution is 9.10. The van der Waals surface area contributed by atoms with Crippen molar-refractivity contribution in [2.75, 3.05) is 6.54 Å². The Morgan fingerprint density at radius 1 is 1.58 bits per heavy atom. The quantitative estimate of drug-likeness (QED) is 0.857. The van der Waals surface area contributed by atoms with Gasteiger partial charge in [-0.05, 0) is 17.7 Å². The van der Waals surface area contributed by atoms with Crippen molar-refractivity contribution in [1.82, 2.24) is 10.6 Å². The third-order valence-corrected chi connectivity index (χ3v) is 3.71. The molecule has 1 aromatic carbocycles. The minimum Gasteiger partial charge on any atom is -0.351 e. The number of alkyl halides is 1. The van der Waals surface area contributed by atoms with Crippen LogP contribution in [0.5, 0.6) is 0 Å². The molecule has 2 atom stereocenters. The molecular weight excluding hydrogens is 358 g/mol. The average Bonchev–Trinajstić information content (AvgIpc) is 2.74. The molecule has 0 bridgehead atoms. The van der Waals surface area contributed by atoms with E-state index in [9.17, 15) is 9.18 Å². The monoisotopic (exact) mass is 370 g/mol. The maximum Gasteiger partial charge on any atom is 0.237 e. The molecule has 0 spiro atoms. The zero-order chi connectivity index (χ0) is 13.1. The number of halogens is 4. The number of benzene rings is 1. The van der Waals surface area contributed by atoms with E-state index in [2.05, 4.69) is 26.6 Å². The number of rotatable bonds is 3. The van der Waals surface area contributed by atoms with Crippen molar-refractivity contribution in [2.24, 2.45) is 0 Å². The lowest BCUT2D eigenvalue weighted by Gasteiger charge is -2.11. The molecule has 0 aromatic heterocycles. The van der Waals surface area contributed by atoms with Gasteiger partial charge in [-0.3, -0.25) is 4.79 Å². The molecule has 1 aliphatic heterocycles. The van der Waals surface area contributed by atoms with Crippen LogP contribution in [0, 0.1) is 0 Å². The molecule has 0 radical (unpaired) electrons. The molecule has 106 valence electrons. The third kappa shape index (κ3) is 4.60. The predicted octanol–water partition coefficient (Wildman–Crippen LogP) is 2.84. The normalized spacial score (nSPS) is 21.8. The Morgan fingerprint density at radius 3 is 2.89 bits per heavy atom. The summed E-state index contributed by atoms with van der Waals surface area (Å²) in [7, 11) is 0. The minimum absolute atomic E-state index is 0.